The third-order valence-corrected chi connectivity index (χ3v) is 7.23. The van der Waals surface area contributed by atoms with Gasteiger partial charge in [0, 0.05) is 62.4 Å². The summed E-state index contributed by atoms with van der Waals surface area (Å²) in [6.07, 6.45) is 9.27. The van der Waals surface area contributed by atoms with Crippen LogP contribution >= 0.6 is 0 Å². The molecule has 0 aliphatic heterocycles. The normalized spacial score (nSPS) is 13.1. The number of imidazole rings is 1. The molecular formula is C29H39FN4O3S. The van der Waals surface area contributed by atoms with Crippen LogP contribution in [0.1, 0.15) is 38.8 Å². The van der Waals surface area contributed by atoms with Gasteiger partial charge in [-0.1, -0.05) is 19.4 Å². The molecule has 3 rings (SSSR count). The minimum absolute atomic E-state index is 0.0292. The van der Waals surface area contributed by atoms with Gasteiger partial charge in [-0.25, -0.2) is 17.8 Å². The van der Waals surface area contributed by atoms with Crippen molar-refractivity contribution in [1.29, 1.82) is 0 Å². The standard InChI is InChI=1S/C29H39FN4O3S/c1-7-8-9-23(20-38(6,35)36)26(21(2)33(4)5)14-15-37-28-16-24(30)11-12-27(28)22-10-13-29-32-18-25(17-31-3)34(29)19-22/h9-13,16,18-19,31H,7-8,14-15,17,20H2,1-6H3/b23-9+,26-21-. The number of rotatable bonds is 13. The molecule has 0 saturated heterocycles. The molecule has 0 radical (unpaired) electrons. The van der Waals surface area contributed by atoms with E-state index in [4.69, 9.17) is 4.74 Å². The van der Waals surface area contributed by atoms with E-state index >= 15 is 0 Å². The Kier molecular flexibility index (Phi) is 10.1. The molecule has 1 N–H and O–H groups in total. The van der Waals surface area contributed by atoms with Crippen LogP contribution in [0.4, 0.5) is 4.39 Å². The van der Waals surface area contributed by atoms with Crippen LogP contribution in [-0.2, 0) is 16.4 Å². The van der Waals surface area contributed by atoms with E-state index in [9.17, 15) is 12.8 Å². The summed E-state index contributed by atoms with van der Waals surface area (Å²) in [6.45, 7) is 4.98. The highest BCUT2D eigenvalue weighted by molar-refractivity contribution is 7.90. The third-order valence-electron chi connectivity index (χ3n) is 6.40. The second-order valence-electron chi connectivity index (χ2n) is 9.71. The number of allylic oxidation sites excluding steroid dienone is 2. The third kappa shape index (κ3) is 7.68. The number of pyridine rings is 1. The van der Waals surface area contributed by atoms with Gasteiger partial charge in [0.15, 0.2) is 9.84 Å². The quantitative estimate of drug-likeness (QED) is 0.298. The summed E-state index contributed by atoms with van der Waals surface area (Å²) >= 11 is 0. The molecule has 0 aliphatic carbocycles. The molecule has 0 saturated carbocycles. The van der Waals surface area contributed by atoms with Gasteiger partial charge in [0.25, 0.3) is 0 Å². The van der Waals surface area contributed by atoms with E-state index in [1.165, 1.54) is 18.4 Å². The van der Waals surface area contributed by atoms with Gasteiger partial charge in [-0.05, 0) is 55.8 Å². The van der Waals surface area contributed by atoms with Gasteiger partial charge in [-0.15, -0.1) is 0 Å². The second-order valence-corrected chi connectivity index (χ2v) is 11.9. The van der Waals surface area contributed by atoms with Crippen LogP contribution in [0.15, 0.2) is 65.6 Å². The second kappa shape index (κ2) is 13.1. The van der Waals surface area contributed by atoms with Crippen molar-refractivity contribution in [2.45, 2.75) is 39.7 Å². The van der Waals surface area contributed by atoms with Gasteiger partial charge in [-0.3, -0.25) is 0 Å². The highest BCUT2D eigenvalue weighted by Crippen LogP contribution is 2.32. The van der Waals surface area contributed by atoms with Crippen LogP contribution in [0.5, 0.6) is 5.75 Å². The summed E-state index contributed by atoms with van der Waals surface area (Å²) in [5.74, 6) is 0.0198. The predicted molar refractivity (Wildman–Crippen MR) is 153 cm³/mol. The average Bonchev–Trinajstić information content (AvgIpc) is 3.26. The lowest BCUT2D eigenvalue weighted by atomic mass is 10.0. The Morgan fingerprint density at radius 1 is 1.24 bits per heavy atom. The number of nitrogens with zero attached hydrogens (tertiary/aromatic N) is 3. The number of hydrogen-bond donors (Lipinski definition) is 1. The fourth-order valence-corrected chi connectivity index (χ4v) is 5.19. The maximum atomic E-state index is 14.3. The van der Waals surface area contributed by atoms with Gasteiger partial charge in [0.05, 0.1) is 24.3 Å². The number of halogens is 1. The van der Waals surface area contributed by atoms with Crippen molar-refractivity contribution in [2.75, 3.05) is 39.8 Å². The maximum absolute atomic E-state index is 14.3. The van der Waals surface area contributed by atoms with Crippen LogP contribution in [0.2, 0.25) is 0 Å². The molecule has 38 heavy (non-hydrogen) atoms. The summed E-state index contributed by atoms with van der Waals surface area (Å²) in [4.78, 5) is 6.43. The number of fused-ring (bicyclic) bond motifs is 1. The van der Waals surface area contributed by atoms with Gasteiger partial charge in [-0.2, -0.15) is 0 Å². The monoisotopic (exact) mass is 542 g/mol. The van der Waals surface area contributed by atoms with Gasteiger partial charge >= 0.3 is 0 Å². The smallest absolute Gasteiger partial charge is 0.151 e. The summed E-state index contributed by atoms with van der Waals surface area (Å²) in [6, 6.07) is 8.42. The number of benzene rings is 1. The molecule has 0 spiro atoms. The SMILES string of the molecule is CCC/C=C(CS(C)(=O)=O)/C(CCOc1cc(F)ccc1-c1ccc2ncc(CNC)n2c1)=C(/C)N(C)C. The lowest BCUT2D eigenvalue weighted by molar-refractivity contribution is 0.320. The van der Waals surface area contributed by atoms with Crippen molar-refractivity contribution in [3.8, 4) is 16.9 Å². The first-order valence-electron chi connectivity index (χ1n) is 12.8. The number of unbranched alkanes of at least 4 members (excludes halogenated alkanes) is 1. The van der Waals surface area contributed by atoms with E-state index in [-0.39, 0.29) is 18.2 Å². The fraction of sp³-hybridized carbons (Fsp3) is 0.414. The largest absolute Gasteiger partial charge is 0.492 e. The van der Waals surface area contributed by atoms with Crippen molar-refractivity contribution in [1.82, 2.24) is 19.6 Å². The van der Waals surface area contributed by atoms with E-state index < -0.39 is 9.84 Å². The van der Waals surface area contributed by atoms with E-state index in [1.54, 1.807) is 6.07 Å². The Bertz CT molecular complexity index is 1420. The summed E-state index contributed by atoms with van der Waals surface area (Å²) in [7, 11) is 2.53. The summed E-state index contributed by atoms with van der Waals surface area (Å²) in [5.41, 5.74) is 6.19. The average molecular weight is 543 g/mol. The zero-order valence-corrected chi connectivity index (χ0v) is 24.0. The molecule has 0 aliphatic rings. The van der Waals surface area contributed by atoms with E-state index in [0.29, 0.717) is 18.7 Å². The molecule has 2 aromatic heterocycles. The summed E-state index contributed by atoms with van der Waals surface area (Å²) < 4.78 is 46.9. The van der Waals surface area contributed by atoms with Crippen LogP contribution in [0, 0.1) is 5.82 Å². The molecule has 0 unspecified atom stereocenters. The number of hydrogen-bond acceptors (Lipinski definition) is 6. The molecule has 9 heteroatoms. The molecule has 7 nitrogen and oxygen atoms in total. The molecule has 0 fully saturated rings. The first kappa shape index (κ1) is 29.4. The predicted octanol–water partition coefficient (Wildman–Crippen LogP) is 5.24. The van der Waals surface area contributed by atoms with E-state index in [2.05, 4.69) is 17.2 Å². The zero-order valence-electron chi connectivity index (χ0n) is 23.2. The van der Waals surface area contributed by atoms with Gasteiger partial charge in [0.1, 0.15) is 17.2 Å². The molecular weight excluding hydrogens is 503 g/mol. The van der Waals surface area contributed by atoms with E-state index in [0.717, 1.165) is 52.2 Å². The highest BCUT2D eigenvalue weighted by atomic mass is 32.2. The Labute approximate surface area is 226 Å². The first-order valence-corrected chi connectivity index (χ1v) is 14.9. The van der Waals surface area contributed by atoms with Gasteiger partial charge < -0.3 is 19.4 Å². The summed E-state index contributed by atoms with van der Waals surface area (Å²) in [5, 5.41) is 3.15. The lowest BCUT2D eigenvalue weighted by Gasteiger charge is -2.22. The minimum Gasteiger partial charge on any atom is -0.492 e. The maximum Gasteiger partial charge on any atom is 0.151 e. The molecule has 0 bridgehead atoms. The molecule has 206 valence electrons. The Morgan fingerprint density at radius 2 is 2.00 bits per heavy atom. The fourth-order valence-electron chi connectivity index (χ4n) is 4.33. The topological polar surface area (TPSA) is 75.9 Å². The number of nitrogens with one attached hydrogen (secondary N) is 1. The van der Waals surface area contributed by atoms with Crippen molar-refractivity contribution >= 4 is 15.5 Å². The Balaban J connectivity index is 1.92. The number of aromatic nitrogens is 2. The molecule has 2 heterocycles. The lowest BCUT2D eigenvalue weighted by Crippen LogP contribution is -2.17. The van der Waals surface area contributed by atoms with Gasteiger partial charge in [0.2, 0.25) is 0 Å². The first-order chi connectivity index (χ1) is 18.0. The Morgan fingerprint density at radius 3 is 2.66 bits per heavy atom. The molecule has 3 aromatic rings. The van der Waals surface area contributed by atoms with Crippen LogP contribution in [0.25, 0.3) is 16.8 Å². The van der Waals surface area contributed by atoms with Crippen LogP contribution < -0.4 is 10.1 Å². The molecule has 0 amide bonds. The zero-order chi connectivity index (χ0) is 27.9. The van der Waals surface area contributed by atoms with Crippen molar-refractivity contribution < 1.29 is 17.5 Å². The van der Waals surface area contributed by atoms with Crippen molar-refractivity contribution in [3.05, 3.63) is 77.2 Å². The Hall–Kier alpha value is -3.17. The van der Waals surface area contributed by atoms with Crippen molar-refractivity contribution in [3.63, 3.8) is 0 Å². The number of sulfone groups is 1. The van der Waals surface area contributed by atoms with Crippen molar-refractivity contribution in [2.24, 2.45) is 0 Å². The minimum atomic E-state index is -3.23. The molecule has 1 aromatic carbocycles. The highest BCUT2D eigenvalue weighted by Gasteiger charge is 2.17. The molecule has 0 atom stereocenters. The van der Waals surface area contributed by atoms with Crippen LogP contribution in [-0.4, -0.2) is 62.5 Å². The number of ether oxygens (including phenoxy) is 1. The van der Waals surface area contributed by atoms with Crippen LogP contribution in [0.3, 0.4) is 0 Å². The van der Waals surface area contributed by atoms with E-state index in [1.807, 2.05) is 68.0 Å².